The lowest BCUT2D eigenvalue weighted by Gasteiger charge is -2.29. The van der Waals surface area contributed by atoms with Gasteiger partial charge in [0.05, 0.1) is 19.2 Å². The van der Waals surface area contributed by atoms with Gasteiger partial charge in [-0.2, -0.15) is 5.26 Å². The number of rotatable bonds is 3. The van der Waals surface area contributed by atoms with Crippen molar-refractivity contribution in [1.82, 2.24) is 10.2 Å². The third kappa shape index (κ3) is 4.17. The minimum absolute atomic E-state index is 0.159. The first-order chi connectivity index (χ1) is 12.2. The highest BCUT2D eigenvalue weighted by Crippen LogP contribution is 2.24. The number of benzene rings is 2. The van der Waals surface area contributed by atoms with Gasteiger partial charge in [0.1, 0.15) is 0 Å². The van der Waals surface area contributed by atoms with E-state index in [-0.39, 0.29) is 6.03 Å². The van der Waals surface area contributed by atoms with Gasteiger partial charge in [-0.05, 0) is 29.2 Å². The first-order valence-corrected chi connectivity index (χ1v) is 8.36. The average Bonchev–Trinajstić information content (AvgIpc) is 2.67. The average molecular weight is 335 g/mol. The van der Waals surface area contributed by atoms with Crippen LogP contribution in [0.5, 0.6) is 0 Å². The Hall–Kier alpha value is -2.84. The number of nitrogens with zero attached hydrogens (tertiary/aromatic N) is 2. The van der Waals surface area contributed by atoms with Crippen LogP contribution in [0.15, 0.2) is 48.5 Å². The molecule has 0 aromatic heterocycles. The number of nitriles is 1. The van der Waals surface area contributed by atoms with Crippen LogP contribution in [0.3, 0.4) is 0 Å². The van der Waals surface area contributed by atoms with Crippen molar-refractivity contribution in [2.75, 3.05) is 19.7 Å². The van der Waals surface area contributed by atoms with Crippen molar-refractivity contribution in [2.45, 2.75) is 19.6 Å². The van der Waals surface area contributed by atoms with E-state index in [1.54, 1.807) is 4.90 Å². The van der Waals surface area contributed by atoms with Gasteiger partial charge in [-0.3, -0.25) is 0 Å². The van der Waals surface area contributed by atoms with Gasteiger partial charge in [0, 0.05) is 13.1 Å². The number of morpholine rings is 1. The monoisotopic (exact) mass is 335 g/mol. The quantitative estimate of drug-likeness (QED) is 0.937. The molecule has 1 N–H and O–H groups in total. The molecule has 0 bridgehead atoms. The van der Waals surface area contributed by atoms with Crippen molar-refractivity contribution in [1.29, 1.82) is 5.26 Å². The number of amides is 2. The molecule has 25 heavy (non-hydrogen) atoms. The van der Waals surface area contributed by atoms with E-state index < -0.39 is 6.10 Å². The summed E-state index contributed by atoms with van der Waals surface area (Å²) >= 11 is 0. The molecule has 2 amide bonds. The second-order valence-electron chi connectivity index (χ2n) is 6.11. The maximum atomic E-state index is 12.3. The lowest BCUT2D eigenvalue weighted by atomic mass is 9.98. The zero-order valence-corrected chi connectivity index (χ0v) is 14.2. The number of ether oxygens (including phenoxy) is 1. The summed E-state index contributed by atoms with van der Waals surface area (Å²) in [5, 5.41) is 11.8. The summed E-state index contributed by atoms with van der Waals surface area (Å²) in [6, 6.07) is 18.4. The molecule has 1 fully saturated rings. The van der Waals surface area contributed by atoms with Gasteiger partial charge >= 0.3 is 6.03 Å². The van der Waals surface area contributed by atoms with Crippen LogP contribution in [0.1, 0.15) is 11.1 Å². The van der Waals surface area contributed by atoms with Gasteiger partial charge in [-0.25, -0.2) is 4.79 Å². The van der Waals surface area contributed by atoms with Crippen molar-refractivity contribution < 1.29 is 9.53 Å². The molecule has 1 aliphatic rings. The van der Waals surface area contributed by atoms with Crippen molar-refractivity contribution in [3.05, 3.63) is 59.7 Å². The minimum Gasteiger partial charge on any atom is -0.360 e. The van der Waals surface area contributed by atoms with Crippen LogP contribution in [-0.2, 0) is 11.3 Å². The Morgan fingerprint density at radius 2 is 2.12 bits per heavy atom. The largest absolute Gasteiger partial charge is 0.360 e. The predicted octanol–water partition coefficient (Wildman–Crippen LogP) is 3.10. The van der Waals surface area contributed by atoms with Gasteiger partial charge in [0.25, 0.3) is 0 Å². The molecule has 1 unspecified atom stereocenters. The molecule has 1 atom stereocenters. The van der Waals surface area contributed by atoms with E-state index in [1.807, 2.05) is 30.3 Å². The molecule has 5 heteroatoms. The van der Waals surface area contributed by atoms with Crippen LogP contribution in [-0.4, -0.2) is 36.7 Å². The number of carbonyl (C=O) groups is 1. The van der Waals surface area contributed by atoms with Crippen LogP contribution in [0, 0.1) is 18.3 Å². The van der Waals surface area contributed by atoms with Crippen LogP contribution in [0.25, 0.3) is 11.1 Å². The van der Waals surface area contributed by atoms with E-state index in [0.29, 0.717) is 26.2 Å². The summed E-state index contributed by atoms with van der Waals surface area (Å²) in [6.07, 6.45) is -0.535. The van der Waals surface area contributed by atoms with Gasteiger partial charge < -0.3 is 15.0 Å². The second-order valence-corrected chi connectivity index (χ2v) is 6.11. The lowest BCUT2D eigenvalue weighted by molar-refractivity contribution is 0.0157. The van der Waals surface area contributed by atoms with E-state index in [2.05, 4.69) is 36.5 Å². The molecule has 128 valence electrons. The Balaban J connectivity index is 1.61. The van der Waals surface area contributed by atoms with E-state index in [4.69, 9.17) is 10.00 Å². The fourth-order valence-electron chi connectivity index (χ4n) is 2.98. The van der Waals surface area contributed by atoms with E-state index >= 15 is 0 Å². The SMILES string of the molecule is Cc1cc(CNC(=O)N2CCOC(C#N)C2)ccc1-c1ccccc1. The third-order valence-electron chi connectivity index (χ3n) is 4.32. The minimum atomic E-state index is -0.535. The summed E-state index contributed by atoms with van der Waals surface area (Å²) in [4.78, 5) is 13.9. The van der Waals surface area contributed by atoms with Gasteiger partial charge in [0.2, 0.25) is 0 Å². The van der Waals surface area contributed by atoms with Crippen molar-refractivity contribution in [3.8, 4) is 17.2 Å². The molecular formula is C20H21N3O2. The fourth-order valence-corrected chi connectivity index (χ4v) is 2.98. The molecule has 2 aromatic carbocycles. The summed E-state index contributed by atoms with van der Waals surface area (Å²) in [7, 11) is 0. The van der Waals surface area contributed by atoms with E-state index in [1.165, 1.54) is 16.7 Å². The summed E-state index contributed by atoms with van der Waals surface area (Å²) in [5.41, 5.74) is 4.61. The first kappa shape index (κ1) is 17.0. The summed E-state index contributed by atoms with van der Waals surface area (Å²) in [6.45, 7) is 3.76. The number of hydrogen-bond donors (Lipinski definition) is 1. The topological polar surface area (TPSA) is 65.4 Å². The molecule has 0 radical (unpaired) electrons. The first-order valence-electron chi connectivity index (χ1n) is 8.36. The second kappa shape index (κ2) is 7.82. The zero-order valence-electron chi connectivity index (χ0n) is 14.2. The predicted molar refractivity (Wildman–Crippen MR) is 95.8 cm³/mol. The Morgan fingerprint density at radius 3 is 2.84 bits per heavy atom. The van der Waals surface area contributed by atoms with Crippen LogP contribution >= 0.6 is 0 Å². The van der Waals surface area contributed by atoms with Gasteiger partial charge in [-0.1, -0.05) is 48.5 Å². The third-order valence-corrected chi connectivity index (χ3v) is 4.32. The number of carbonyl (C=O) groups excluding carboxylic acids is 1. The molecule has 5 nitrogen and oxygen atoms in total. The fraction of sp³-hybridized carbons (Fsp3) is 0.300. The molecule has 0 spiro atoms. The molecule has 0 saturated carbocycles. The molecule has 0 aliphatic carbocycles. The smallest absolute Gasteiger partial charge is 0.317 e. The van der Waals surface area contributed by atoms with Crippen LogP contribution in [0.4, 0.5) is 4.79 Å². The number of hydrogen-bond acceptors (Lipinski definition) is 3. The Bertz CT molecular complexity index is 783. The van der Waals surface area contributed by atoms with Crippen molar-refractivity contribution in [3.63, 3.8) is 0 Å². The van der Waals surface area contributed by atoms with Crippen LogP contribution in [0.2, 0.25) is 0 Å². The molecular weight excluding hydrogens is 314 g/mol. The lowest BCUT2D eigenvalue weighted by Crippen LogP contribution is -2.49. The zero-order chi connectivity index (χ0) is 17.6. The molecule has 1 aliphatic heterocycles. The Kier molecular flexibility index (Phi) is 5.32. The highest BCUT2D eigenvalue weighted by Gasteiger charge is 2.23. The Morgan fingerprint density at radius 1 is 1.32 bits per heavy atom. The number of nitrogens with one attached hydrogen (secondary N) is 1. The Labute approximate surface area is 147 Å². The van der Waals surface area contributed by atoms with Crippen molar-refractivity contribution in [2.24, 2.45) is 0 Å². The highest BCUT2D eigenvalue weighted by molar-refractivity contribution is 5.74. The molecule has 1 heterocycles. The number of aryl methyl sites for hydroxylation is 1. The molecule has 3 rings (SSSR count). The summed E-state index contributed by atoms with van der Waals surface area (Å²) < 4.78 is 5.26. The summed E-state index contributed by atoms with van der Waals surface area (Å²) in [5.74, 6) is 0. The maximum absolute atomic E-state index is 12.3. The normalized spacial score (nSPS) is 17.0. The van der Waals surface area contributed by atoms with Gasteiger partial charge in [0.15, 0.2) is 6.10 Å². The van der Waals surface area contributed by atoms with Crippen LogP contribution < -0.4 is 5.32 Å². The van der Waals surface area contributed by atoms with Crippen molar-refractivity contribution >= 4 is 6.03 Å². The van der Waals surface area contributed by atoms with E-state index in [9.17, 15) is 4.79 Å². The van der Waals surface area contributed by atoms with E-state index in [0.717, 1.165) is 5.56 Å². The maximum Gasteiger partial charge on any atom is 0.317 e. The van der Waals surface area contributed by atoms with Gasteiger partial charge in [-0.15, -0.1) is 0 Å². The number of urea groups is 1. The standard InChI is InChI=1S/C20H21N3O2/c1-15-11-16(7-8-19(15)17-5-3-2-4-6-17)13-22-20(24)23-9-10-25-18(12-21)14-23/h2-8,11,18H,9-10,13-14H2,1H3,(H,22,24). The molecule has 1 saturated heterocycles. The molecule has 2 aromatic rings. The highest BCUT2D eigenvalue weighted by atomic mass is 16.5.